The molecule has 3 aliphatic rings. The molecule has 4 rings (SSSR count). The van der Waals surface area contributed by atoms with E-state index in [0.29, 0.717) is 41.4 Å². The van der Waals surface area contributed by atoms with Crippen molar-refractivity contribution in [3.63, 3.8) is 0 Å². The van der Waals surface area contributed by atoms with Crippen LogP contribution in [0.4, 0.5) is 0 Å². The van der Waals surface area contributed by atoms with Crippen molar-refractivity contribution in [2.24, 2.45) is 17.8 Å². The molecule has 3 fully saturated rings. The summed E-state index contributed by atoms with van der Waals surface area (Å²) in [6, 6.07) is 3.88. The Morgan fingerprint density at radius 2 is 1.65 bits per heavy atom. The lowest BCUT2D eigenvalue weighted by Gasteiger charge is -2.36. The van der Waals surface area contributed by atoms with E-state index in [1.54, 1.807) is 33.5 Å². The van der Waals surface area contributed by atoms with Crippen molar-refractivity contribution < 1.29 is 23.7 Å². The fourth-order valence-electron chi connectivity index (χ4n) is 6.07. The number of hydrogen-bond donors (Lipinski definition) is 0. The lowest BCUT2D eigenvalue weighted by atomic mass is 9.78. The van der Waals surface area contributed by atoms with E-state index in [-0.39, 0.29) is 5.97 Å². The van der Waals surface area contributed by atoms with Gasteiger partial charge in [-0.25, -0.2) is 4.79 Å². The van der Waals surface area contributed by atoms with E-state index in [1.807, 2.05) is 0 Å². The van der Waals surface area contributed by atoms with Crippen molar-refractivity contribution in [1.29, 1.82) is 0 Å². The third-order valence-corrected chi connectivity index (χ3v) is 7.69. The lowest BCUT2D eigenvalue weighted by Crippen LogP contribution is -2.42. The first-order valence-corrected chi connectivity index (χ1v) is 11.9. The Hall–Kier alpha value is -1.95. The summed E-state index contributed by atoms with van der Waals surface area (Å²) in [6.07, 6.45) is 10.6. The van der Waals surface area contributed by atoms with Gasteiger partial charge in [-0.3, -0.25) is 4.90 Å². The molecule has 6 nitrogen and oxygen atoms in total. The first kappa shape index (κ1) is 22.3. The van der Waals surface area contributed by atoms with E-state index in [0.717, 1.165) is 18.3 Å². The van der Waals surface area contributed by atoms with Crippen LogP contribution in [0.15, 0.2) is 12.1 Å². The number of piperidine rings is 1. The van der Waals surface area contributed by atoms with E-state index in [9.17, 15) is 4.79 Å². The minimum atomic E-state index is -0.335. The maximum Gasteiger partial charge on any atom is 0.338 e. The molecule has 1 aliphatic carbocycles. The summed E-state index contributed by atoms with van der Waals surface area (Å²) >= 11 is 0. The molecule has 0 amide bonds. The fraction of sp³-hybridized carbons (Fsp3) is 0.720. The van der Waals surface area contributed by atoms with Gasteiger partial charge in [0, 0.05) is 18.5 Å². The van der Waals surface area contributed by atoms with Crippen LogP contribution in [0.2, 0.25) is 0 Å². The molecule has 172 valence electrons. The van der Waals surface area contributed by atoms with Gasteiger partial charge >= 0.3 is 5.97 Å². The monoisotopic (exact) mass is 431 g/mol. The zero-order valence-electron chi connectivity index (χ0n) is 19.2. The van der Waals surface area contributed by atoms with Crippen LogP contribution >= 0.6 is 0 Å². The average Bonchev–Trinajstić information content (AvgIpc) is 3.27. The number of carbonyl (C=O) groups is 1. The lowest BCUT2D eigenvalue weighted by molar-refractivity contribution is 0.0270. The number of hydrogen-bond acceptors (Lipinski definition) is 6. The van der Waals surface area contributed by atoms with Crippen molar-refractivity contribution in [1.82, 2.24) is 4.90 Å². The molecule has 0 spiro atoms. The Morgan fingerprint density at radius 1 is 0.935 bits per heavy atom. The normalized spacial score (nSPS) is 26.9. The number of carbonyl (C=O) groups excluding carboxylic acids is 1. The van der Waals surface area contributed by atoms with Crippen LogP contribution in [0, 0.1) is 17.8 Å². The molecule has 31 heavy (non-hydrogen) atoms. The summed E-state index contributed by atoms with van der Waals surface area (Å²) in [7, 11) is 4.65. The number of methoxy groups -OCH3 is 3. The second kappa shape index (κ2) is 10.1. The van der Waals surface area contributed by atoms with Gasteiger partial charge < -0.3 is 18.9 Å². The van der Waals surface area contributed by atoms with Gasteiger partial charge in [-0.15, -0.1) is 0 Å². The van der Waals surface area contributed by atoms with Gasteiger partial charge in [0.25, 0.3) is 0 Å². The fourth-order valence-corrected chi connectivity index (χ4v) is 6.07. The van der Waals surface area contributed by atoms with Crippen molar-refractivity contribution in [2.45, 2.75) is 57.4 Å². The number of benzene rings is 1. The van der Waals surface area contributed by atoms with Crippen molar-refractivity contribution in [2.75, 3.05) is 41.0 Å². The smallest absolute Gasteiger partial charge is 0.338 e. The minimum absolute atomic E-state index is 0.335. The maximum absolute atomic E-state index is 12.8. The average molecular weight is 432 g/mol. The van der Waals surface area contributed by atoms with Crippen molar-refractivity contribution >= 4 is 5.97 Å². The molecule has 2 heterocycles. The molecule has 0 unspecified atom stereocenters. The predicted molar refractivity (Wildman–Crippen MR) is 119 cm³/mol. The van der Waals surface area contributed by atoms with Gasteiger partial charge in [0.05, 0.1) is 33.5 Å². The van der Waals surface area contributed by atoms with Crippen LogP contribution in [0.25, 0.3) is 0 Å². The van der Waals surface area contributed by atoms with Gasteiger partial charge in [-0.05, 0) is 49.8 Å². The zero-order valence-corrected chi connectivity index (χ0v) is 19.2. The molecule has 3 atom stereocenters. The summed E-state index contributed by atoms with van der Waals surface area (Å²) < 4.78 is 21.9. The number of esters is 1. The van der Waals surface area contributed by atoms with Gasteiger partial charge in [0.15, 0.2) is 11.5 Å². The van der Waals surface area contributed by atoms with E-state index in [4.69, 9.17) is 18.9 Å². The van der Waals surface area contributed by atoms with Gasteiger partial charge in [-0.1, -0.05) is 32.1 Å². The topological polar surface area (TPSA) is 57.2 Å². The summed E-state index contributed by atoms with van der Waals surface area (Å²) in [5.41, 5.74) is 0.425. The zero-order chi connectivity index (χ0) is 21.8. The molecule has 0 bridgehead atoms. The Kier molecular flexibility index (Phi) is 7.26. The van der Waals surface area contributed by atoms with Crippen LogP contribution in [0.3, 0.4) is 0 Å². The Bertz CT molecular complexity index is 735. The van der Waals surface area contributed by atoms with Crippen LogP contribution < -0.4 is 14.2 Å². The highest BCUT2D eigenvalue weighted by molar-refractivity contribution is 5.91. The van der Waals surface area contributed by atoms with Crippen LogP contribution in [-0.2, 0) is 4.74 Å². The number of ether oxygens (including phenoxy) is 4. The van der Waals surface area contributed by atoms with Gasteiger partial charge in [0.1, 0.15) is 0 Å². The summed E-state index contributed by atoms with van der Waals surface area (Å²) in [4.78, 5) is 15.5. The molecule has 1 aromatic carbocycles. The summed E-state index contributed by atoms with van der Waals surface area (Å²) in [5.74, 6) is 3.22. The molecule has 1 aromatic rings. The van der Waals surface area contributed by atoms with E-state index in [1.165, 1.54) is 58.0 Å². The highest BCUT2D eigenvalue weighted by Gasteiger charge is 2.42. The van der Waals surface area contributed by atoms with Crippen LogP contribution in [-0.4, -0.2) is 57.9 Å². The van der Waals surface area contributed by atoms with Crippen molar-refractivity contribution in [3.05, 3.63) is 17.7 Å². The van der Waals surface area contributed by atoms with E-state index in [2.05, 4.69) is 4.90 Å². The summed E-state index contributed by atoms with van der Waals surface area (Å²) in [6.45, 7) is 2.92. The van der Waals surface area contributed by atoms with Crippen LogP contribution in [0.5, 0.6) is 17.2 Å². The third kappa shape index (κ3) is 4.79. The Morgan fingerprint density at radius 3 is 2.29 bits per heavy atom. The Balaban J connectivity index is 1.39. The Labute approximate surface area is 186 Å². The molecule has 0 radical (unpaired) electrons. The predicted octanol–water partition coefficient (Wildman–Crippen LogP) is 4.55. The van der Waals surface area contributed by atoms with Crippen LogP contribution in [0.1, 0.15) is 61.7 Å². The molecule has 0 aromatic heterocycles. The molecule has 0 N–H and O–H groups in total. The van der Waals surface area contributed by atoms with Gasteiger partial charge in [0.2, 0.25) is 5.75 Å². The number of rotatable bonds is 7. The highest BCUT2D eigenvalue weighted by atomic mass is 16.5. The number of nitrogens with zero attached hydrogens (tertiary/aromatic N) is 1. The third-order valence-electron chi connectivity index (χ3n) is 7.69. The SMILES string of the molecule is COc1cc(C(=O)OC[C@@H]2CCCN3C[C@@H](C4CCCCC4)C[C@H]23)cc(OC)c1OC. The molecular weight excluding hydrogens is 394 g/mol. The molecule has 2 aliphatic heterocycles. The minimum Gasteiger partial charge on any atom is -0.493 e. The quantitative estimate of drug-likeness (QED) is 0.591. The molecule has 2 saturated heterocycles. The first-order chi connectivity index (χ1) is 15.1. The van der Waals surface area contributed by atoms with Gasteiger partial charge in [-0.2, -0.15) is 0 Å². The largest absolute Gasteiger partial charge is 0.493 e. The summed E-state index contributed by atoms with van der Waals surface area (Å²) in [5, 5.41) is 0. The standard InChI is InChI=1S/C25H37NO5/c1-28-22-13-19(14-23(29-2)24(22)30-3)25(27)31-16-18-10-7-11-26-15-20(12-21(18)26)17-8-5-4-6-9-17/h13-14,17-18,20-21H,4-12,15-16H2,1-3H3/t18-,20-,21+/m0/s1. The first-order valence-electron chi connectivity index (χ1n) is 11.9. The molecule has 1 saturated carbocycles. The highest BCUT2D eigenvalue weighted by Crippen LogP contribution is 2.42. The molecule has 6 heteroatoms. The second-order valence-electron chi connectivity index (χ2n) is 9.37. The van der Waals surface area contributed by atoms with E-state index < -0.39 is 0 Å². The molecular formula is C25H37NO5. The number of fused-ring (bicyclic) bond motifs is 1. The van der Waals surface area contributed by atoms with E-state index >= 15 is 0 Å². The second-order valence-corrected chi connectivity index (χ2v) is 9.37. The maximum atomic E-state index is 12.8. The van der Waals surface area contributed by atoms with Crippen molar-refractivity contribution in [3.8, 4) is 17.2 Å².